The van der Waals surface area contributed by atoms with Crippen LogP contribution < -0.4 is 11.1 Å². The smallest absolute Gasteiger partial charge is 0.287 e. The van der Waals surface area contributed by atoms with E-state index in [0.717, 1.165) is 12.1 Å². The van der Waals surface area contributed by atoms with Crippen LogP contribution in [0.15, 0.2) is 40.8 Å². The SMILES string of the molecule is NC(=O)c1ccc(C(=O)NCc2ccc(CN3CCCCC3)cc2)o1. The predicted molar refractivity (Wildman–Crippen MR) is 94.0 cm³/mol. The molecule has 2 heterocycles. The van der Waals surface area contributed by atoms with E-state index in [9.17, 15) is 9.59 Å². The molecule has 3 N–H and O–H groups in total. The molecule has 0 unspecified atom stereocenters. The fraction of sp³-hybridized carbons (Fsp3) is 0.368. The van der Waals surface area contributed by atoms with Crippen molar-refractivity contribution < 1.29 is 14.0 Å². The zero-order chi connectivity index (χ0) is 17.6. The van der Waals surface area contributed by atoms with Crippen molar-refractivity contribution in [1.82, 2.24) is 10.2 Å². The molecular weight excluding hydrogens is 318 g/mol. The first kappa shape index (κ1) is 17.2. The van der Waals surface area contributed by atoms with Crippen molar-refractivity contribution >= 4 is 11.8 Å². The van der Waals surface area contributed by atoms with E-state index < -0.39 is 5.91 Å². The number of likely N-dealkylation sites (tertiary alicyclic amines) is 1. The standard InChI is InChI=1S/C19H23N3O3/c20-18(23)16-8-9-17(25-16)19(24)21-12-14-4-6-15(7-5-14)13-22-10-2-1-3-11-22/h4-9H,1-3,10-13H2,(H2,20,23)(H,21,24). The third-order valence-corrected chi connectivity index (χ3v) is 4.40. The molecule has 3 rings (SSSR count). The third-order valence-electron chi connectivity index (χ3n) is 4.40. The molecule has 1 saturated heterocycles. The first-order valence-corrected chi connectivity index (χ1v) is 8.60. The molecule has 132 valence electrons. The normalized spacial score (nSPS) is 15.0. The van der Waals surface area contributed by atoms with Crippen LogP contribution in [0.3, 0.4) is 0 Å². The molecule has 1 fully saturated rings. The molecule has 0 aliphatic carbocycles. The average molecular weight is 341 g/mol. The maximum atomic E-state index is 12.0. The van der Waals surface area contributed by atoms with Gasteiger partial charge in [0, 0.05) is 13.1 Å². The maximum Gasteiger partial charge on any atom is 0.287 e. The highest BCUT2D eigenvalue weighted by Gasteiger charge is 2.14. The van der Waals surface area contributed by atoms with Gasteiger partial charge in [-0.15, -0.1) is 0 Å². The van der Waals surface area contributed by atoms with E-state index in [2.05, 4.69) is 22.3 Å². The Hall–Kier alpha value is -2.60. The fourth-order valence-electron chi connectivity index (χ4n) is 3.00. The highest BCUT2D eigenvalue weighted by molar-refractivity contribution is 5.94. The van der Waals surface area contributed by atoms with Crippen LogP contribution in [-0.4, -0.2) is 29.8 Å². The first-order valence-electron chi connectivity index (χ1n) is 8.60. The number of primary amides is 1. The largest absolute Gasteiger partial charge is 0.446 e. The number of nitrogens with zero attached hydrogens (tertiary/aromatic N) is 1. The summed E-state index contributed by atoms with van der Waals surface area (Å²) >= 11 is 0. The molecule has 2 amide bonds. The van der Waals surface area contributed by atoms with E-state index >= 15 is 0 Å². The third kappa shape index (κ3) is 4.70. The minimum atomic E-state index is -0.691. The van der Waals surface area contributed by atoms with Gasteiger partial charge in [-0.25, -0.2) is 0 Å². The van der Waals surface area contributed by atoms with Crippen molar-refractivity contribution in [2.24, 2.45) is 5.73 Å². The van der Waals surface area contributed by atoms with Crippen LogP contribution in [0.5, 0.6) is 0 Å². The van der Waals surface area contributed by atoms with E-state index in [1.807, 2.05) is 12.1 Å². The van der Waals surface area contributed by atoms with Crippen LogP contribution in [0.25, 0.3) is 0 Å². The minimum absolute atomic E-state index is 0.0211. The van der Waals surface area contributed by atoms with Crippen molar-refractivity contribution in [3.8, 4) is 0 Å². The number of carbonyl (C=O) groups excluding carboxylic acids is 2. The molecule has 1 aromatic carbocycles. The molecule has 0 atom stereocenters. The molecule has 0 saturated carbocycles. The summed E-state index contributed by atoms with van der Waals surface area (Å²) in [5.74, 6) is -1.00. The summed E-state index contributed by atoms with van der Waals surface area (Å²) < 4.78 is 5.11. The van der Waals surface area contributed by atoms with Crippen LogP contribution in [-0.2, 0) is 13.1 Å². The van der Waals surface area contributed by atoms with Crippen LogP contribution in [0.4, 0.5) is 0 Å². The summed E-state index contributed by atoms with van der Waals surface area (Å²) in [6.45, 7) is 3.73. The number of amides is 2. The second-order valence-electron chi connectivity index (χ2n) is 6.36. The maximum absolute atomic E-state index is 12.0. The quantitative estimate of drug-likeness (QED) is 0.844. The van der Waals surface area contributed by atoms with Crippen molar-refractivity contribution in [1.29, 1.82) is 0 Å². The lowest BCUT2D eigenvalue weighted by Crippen LogP contribution is -2.29. The number of nitrogens with two attached hydrogens (primary N) is 1. The fourth-order valence-corrected chi connectivity index (χ4v) is 3.00. The summed E-state index contributed by atoms with van der Waals surface area (Å²) in [6, 6.07) is 11.1. The second-order valence-corrected chi connectivity index (χ2v) is 6.36. The van der Waals surface area contributed by atoms with Crippen molar-refractivity contribution in [3.05, 3.63) is 59.0 Å². The van der Waals surface area contributed by atoms with E-state index in [1.54, 1.807) is 0 Å². The topological polar surface area (TPSA) is 88.6 Å². The Labute approximate surface area is 147 Å². The highest BCUT2D eigenvalue weighted by atomic mass is 16.4. The molecule has 0 radical (unpaired) electrons. The van der Waals surface area contributed by atoms with Crippen LogP contribution >= 0.6 is 0 Å². The average Bonchev–Trinajstić information content (AvgIpc) is 3.12. The van der Waals surface area contributed by atoms with Crippen molar-refractivity contribution in [2.75, 3.05) is 13.1 Å². The van der Waals surface area contributed by atoms with Gasteiger partial charge in [0.15, 0.2) is 11.5 Å². The summed E-state index contributed by atoms with van der Waals surface area (Å²) in [6.07, 6.45) is 3.91. The van der Waals surface area contributed by atoms with E-state index in [0.29, 0.717) is 6.54 Å². The van der Waals surface area contributed by atoms with Gasteiger partial charge in [-0.2, -0.15) is 0 Å². The summed E-state index contributed by atoms with van der Waals surface area (Å²) in [7, 11) is 0. The van der Waals surface area contributed by atoms with Gasteiger partial charge in [-0.1, -0.05) is 30.7 Å². The van der Waals surface area contributed by atoms with Crippen molar-refractivity contribution in [2.45, 2.75) is 32.4 Å². The first-order chi connectivity index (χ1) is 12.1. The van der Waals surface area contributed by atoms with Gasteiger partial charge in [0.1, 0.15) is 0 Å². The molecule has 6 nitrogen and oxygen atoms in total. The Kier molecular flexibility index (Phi) is 5.50. The molecule has 6 heteroatoms. The number of furan rings is 1. The zero-order valence-electron chi connectivity index (χ0n) is 14.2. The van der Waals surface area contributed by atoms with Gasteiger partial charge in [0.25, 0.3) is 11.8 Å². The molecule has 1 aromatic heterocycles. The molecule has 25 heavy (non-hydrogen) atoms. The Morgan fingerprint density at radius 1 is 0.960 bits per heavy atom. The van der Waals surface area contributed by atoms with Gasteiger partial charge in [0.2, 0.25) is 0 Å². The Morgan fingerprint density at radius 2 is 1.60 bits per heavy atom. The number of rotatable bonds is 6. The summed E-state index contributed by atoms with van der Waals surface area (Å²) in [5.41, 5.74) is 7.40. The monoisotopic (exact) mass is 341 g/mol. The van der Waals surface area contributed by atoms with Crippen LogP contribution in [0, 0.1) is 0 Å². The number of benzene rings is 1. The van der Waals surface area contributed by atoms with Gasteiger partial charge in [-0.3, -0.25) is 14.5 Å². The van der Waals surface area contributed by atoms with E-state index in [4.69, 9.17) is 10.2 Å². The molecular formula is C19H23N3O3. The lowest BCUT2D eigenvalue weighted by Gasteiger charge is -2.26. The predicted octanol–water partition coefficient (Wildman–Crippen LogP) is 2.29. The van der Waals surface area contributed by atoms with E-state index in [1.165, 1.54) is 50.0 Å². The second kappa shape index (κ2) is 7.98. The number of hydrogen-bond donors (Lipinski definition) is 2. The van der Waals surface area contributed by atoms with Gasteiger partial charge >= 0.3 is 0 Å². The van der Waals surface area contributed by atoms with Crippen molar-refractivity contribution in [3.63, 3.8) is 0 Å². The number of piperidine rings is 1. The Bertz CT molecular complexity index is 731. The van der Waals surface area contributed by atoms with Gasteiger partial charge in [0.05, 0.1) is 0 Å². The number of carbonyl (C=O) groups is 2. The molecule has 1 aliphatic heterocycles. The summed E-state index contributed by atoms with van der Waals surface area (Å²) in [5, 5.41) is 2.77. The summed E-state index contributed by atoms with van der Waals surface area (Å²) in [4.78, 5) is 25.5. The molecule has 2 aromatic rings. The van der Waals surface area contributed by atoms with Crippen LogP contribution in [0.2, 0.25) is 0 Å². The highest BCUT2D eigenvalue weighted by Crippen LogP contribution is 2.14. The van der Waals surface area contributed by atoms with Crippen LogP contribution in [0.1, 0.15) is 51.5 Å². The molecule has 0 bridgehead atoms. The lowest BCUT2D eigenvalue weighted by molar-refractivity contribution is 0.0913. The molecule has 0 spiro atoms. The molecule has 1 aliphatic rings. The van der Waals surface area contributed by atoms with Gasteiger partial charge in [-0.05, 0) is 49.2 Å². The Morgan fingerprint density at radius 3 is 2.24 bits per heavy atom. The zero-order valence-corrected chi connectivity index (χ0v) is 14.2. The minimum Gasteiger partial charge on any atom is -0.446 e. The van der Waals surface area contributed by atoms with Gasteiger partial charge < -0.3 is 15.5 Å². The number of nitrogens with one attached hydrogen (secondary N) is 1. The lowest BCUT2D eigenvalue weighted by atomic mass is 10.1. The Balaban J connectivity index is 1.50. The number of hydrogen-bond acceptors (Lipinski definition) is 4. The van der Waals surface area contributed by atoms with E-state index in [-0.39, 0.29) is 17.4 Å².